The Bertz CT molecular complexity index is 314. The van der Waals surface area contributed by atoms with Crippen LogP contribution in [0.15, 0.2) is 30.6 Å². The lowest BCUT2D eigenvalue weighted by atomic mass is 10.4. The van der Waals surface area contributed by atoms with Gasteiger partial charge < -0.3 is 20.9 Å². The summed E-state index contributed by atoms with van der Waals surface area (Å²) >= 11 is 0. The molecule has 82 valence electrons. The zero-order valence-corrected chi connectivity index (χ0v) is 7.88. The molecule has 0 spiro atoms. The van der Waals surface area contributed by atoms with E-state index in [0.717, 1.165) is 5.56 Å². The molecule has 6 nitrogen and oxygen atoms in total. The van der Waals surface area contributed by atoms with E-state index in [-0.39, 0.29) is 0 Å². The third-order valence-corrected chi connectivity index (χ3v) is 1.27. The number of H-pyrrole nitrogens is 1. The molecule has 1 rings (SSSR count). The molecule has 0 aliphatic heterocycles. The van der Waals surface area contributed by atoms with Gasteiger partial charge in [0.2, 0.25) is 0 Å². The predicted octanol–water partition coefficient (Wildman–Crippen LogP) is 0.185. The average molecular weight is 212 g/mol. The van der Waals surface area contributed by atoms with Crippen molar-refractivity contribution in [1.82, 2.24) is 4.98 Å². The molecule has 6 heteroatoms. The van der Waals surface area contributed by atoms with Gasteiger partial charge in [0, 0.05) is 31.1 Å². The van der Waals surface area contributed by atoms with Crippen LogP contribution in [0.3, 0.4) is 0 Å². The van der Waals surface area contributed by atoms with Gasteiger partial charge in [0.25, 0.3) is 0 Å². The van der Waals surface area contributed by atoms with Gasteiger partial charge in [-0.05, 0) is 11.6 Å². The highest BCUT2D eigenvalue weighted by molar-refractivity contribution is 5.89. The van der Waals surface area contributed by atoms with Crippen LogP contribution in [0, 0.1) is 0 Å². The Morgan fingerprint density at radius 1 is 1.33 bits per heavy atom. The highest BCUT2D eigenvalue weighted by atomic mass is 16.4. The van der Waals surface area contributed by atoms with E-state index >= 15 is 0 Å². The molecule has 0 atom stereocenters. The second-order valence-corrected chi connectivity index (χ2v) is 2.43. The molecule has 0 amide bonds. The molecule has 0 saturated carbocycles. The summed E-state index contributed by atoms with van der Waals surface area (Å²) in [5.74, 6) is -2.51. The van der Waals surface area contributed by atoms with Gasteiger partial charge in [-0.1, -0.05) is 0 Å². The maximum Gasteiger partial charge on any atom is 0.328 e. The van der Waals surface area contributed by atoms with Gasteiger partial charge in [-0.2, -0.15) is 0 Å². The Morgan fingerprint density at radius 3 is 2.07 bits per heavy atom. The highest BCUT2D eigenvalue weighted by Gasteiger charge is 1.88. The second kappa shape index (κ2) is 7.34. The molecule has 5 N–H and O–H groups in total. The first-order valence-corrected chi connectivity index (χ1v) is 4.02. The van der Waals surface area contributed by atoms with Crippen LogP contribution in [0.4, 0.5) is 0 Å². The van der Waals surface area contributed by atoms with Crippen LogP contribution in [0.1, 0.15) is 5.56 Å². The SMILES string of the molecule is NCc1cc[nH]c1.O=C(O)/C=C/C(=O)O. The van der Waals surface area contributed by atoms with E-state index < -0.39 is 11.9 Å². The molecule has 1 heterocycles. The van der Waals surface area contributed by atoms with Gasteiger partial charge in [-0.3, -0.25) is 0 Å². The number of hydrogen-bond donors (Lipinski definition) is 4. The first-order chi connectivity index (χ1) is 7.06. The summed E-state index contributed by atoms with van der Waals surface area (Å²) in [6, 6.07) is 1.96. The third-order valence-electron chi connectivity index (χ3n) is 1.27. The zero-order valence-electron chi connectivity index (χ0n) is 7.88. The molecular weight excluding hydrogens is 200 g/mol. The Balaban J connectivity index is 0.000000262. The number of rotatable bonds is 3. The summed E-state index contributed by atoms with van der Waals surface area (Å²) in [7, 11) is 0. The van der Waals surface area contributed by atoms with Crippen LogP contribution in [-0.4, -0.2) is 27.1 Å². The van der Waals surface area contributed by atoms with Crippen molar-refractivity contribution in [3.05, 3.63) is 36.2 Å². The lowest BCUT2D eigenvalue weighted by Gasteiger charge is -1.79. The van der Waals surface area contributed by atoms with Crippen molar-refractivity contribution in [2.45, 2.75) is 6.54 Å². The maximum atomic E-state index is 9.55. The normalized spacial score (nSPS) is 9.40. The van der Waals surface area contributed by atoms with Crippen molar-refractivity contribution in [3.8, 4) is 0 Å². The number of carboxylic acid groups (broad SMARTS) is 2. The van der Waals surface area contributed by atoms with Gasteiger partial charge in [0.05, 0.1) is 0 Å². The van der Waals surface area contributed by atoms with E-state index in [1.165, 1.54) is 0 Å². The predicted molar refractivity (Wildman–Crippen MR) is 53.1 cm³/mol. The topological polar surface area (TPSA) is 116 Å². The van der Waals surface area contributed by atoms with E-state index in [2.05, 4.69) is 4.98 Å². The highest BCUT2D eigenvalue weighted by Crippen LogP contribution is 1.91. The Morgan fingerprint density at radius 2 is 1.87 bits per heavy atom. The summed E-state index contributed by atoms with van der Waals surface area (Å²) in [6.45, 7) is 0.628. The quantitative estimate of drug-likeness (QED) is 0.533. The van der Waals surface area contributed by atoms with Crippen molar-refractivity contribution in [3.63, 3.8) is 0 Å². The van der Waals surface area contributed by atoms with Crippen LogP contribution in [-0.2, 0) is 16.1 Å². The molecule has 1 aromatic rings. The number of aliphatic carboxylic acids is 2. The minimum absolute atomic E-state index is 0.558. The summed E-state index contributed by atoms with van der Waals surface area (Å²) in [5, 5.41) is 15.6. The molecule has 0 fully saturated rings. The molecule has 15 heavy (non-hydrogen) atoms. The number of aromatic nitrogens is 1. The Kier molecular flexibility index (Phi) is 6.32. The molecule has 0 aliphatic carbocycles. The fraction of sp³-hybridized carbons (Fsp3) is 0.111. The van der Waals surface area contributed by atoms with Crippen LogP contribution in [0.5, 0.6) is 0 Å². The van der Waals surface area contributed by atoms with Gasteiger partial charge in [-0.15, -0.1) is 0 Å². The molecule has 0 unspecified atom stereocenters. The zero-order chi connectivity index (χ0) is 11.7. The number of nitrogens with one attached hydrogen (secondary N) is 1. The van der Waals surface area contributed by atoms with Gasteiger partial charge in [-0.25, -0.2) is 9.59 Å². The molecule has 0 aliphatic rings. The van der Waals surface area contributed by atoms with Crippen molar-refractivity contribution >= 4 is 11.9 Å². The van der Waals surface area contributed by atoms with Crippen LogP contribution in [0.25, 0.3) is 0 Å². The number of carboxylic acids is 2. The Labute approximate surface area is 86.0 Å². The lowest BCUT2D eigenvalue weighted by molar-refractivity contribution is -0.134. The standard InChI is InChI=1S/C5H8N2.C4H4O4/c6-3-5-1-2-7-4-5;5-3(6)1-2-4(7)8/h1-2,4,7H,3,6H2;1-2H,(H,5,6)(H,7,8)/b;2-1+. The largest absolute Gasteiger partial charge is 0.478 e. The monoisotopic (exact) mass is 212 g/mol. The van der Waals surface area contributed by atoms with Gasteiger partial charge in [0.1, 0.15) is 0 Å². The van der Waals surface area contributed by atoms with Gasteiger partial charge in [0.15, 0.2) is 0 Å². The van der Waals surface area contributed by atoms with E-state index in [4.69, 9.17) is 15.9 Å². The lowest BCUT2D eigenvalue weighted by Crippen LogP contribution is -1.92. The van der Waals surface area contributed by atoms with Crippen LogP contribution in [0.2, 0.25) is 0 Å². The van der Waals surface area contributed by atoms with E-state index in [0.29, 0.717) is 18.7 Å². The fourth-order valence-electron chi connectivity index (χ4n) is 0.628. The molecule has 1 aromatic heterocycles. The fourth-order valence-corrected chi connectivity index (χ4v) is 0.628. The summed E-state index contributed by atoms with van der Waals surface area (Å²) in [5.41, 5.74) is 6.43. The average Bonchev–Trinajstić information content (AvgIpc) is 2.68. The number of aromatic amines is 1. The van der Waals surface area contributed by atoms with Crippen molar-refractivity contribution in [1.29, 1.82) is 0 Å². The molecule has 0 radical (unpaired) electrons. The molecule has 0 bridgehead atoms. The number of hydrogen-bond acceptors (Lipinski definition) is 3. The maximum absolute atomic E-state index is 9.55. The first-order valence-electron chi connectivity index (χ1n) is 4.02. The Hall–Kier alpha value is -2.08. The van der Waals surface area contributed by atoms with E-state index in [9.17, 15) is 9.59 Å². The second-order valence-electron chi connectivity index (χ2n) is 2.43. The third kappa shape index (κ3) is 8.26. The van der Waals surface area contributed by atoms with Crippen molar-refractivity contribution < 1.29 is 19.8 Å². The number of carbonyl (C=O) groups is 2. The van der Waals surface area contributed by atoms with Crippen LogP contribution >= 0.6 is 0 Å². The smallest absolute Gasteiger partial charge is 0.328 e. The molecule has 0 saturated heterocycles. The van der Waals surface area contributed by atoms with Crippen molar-refractivity contribution in [2.75, 3.05) is 0 Å². The minimum atomic E-state index is -1.26. The number of nitrogens with two attached hydrogens (primary N) is 1. The summed E-state index contributed by atoms with van der Waals surface area (Å²) < 4.78 is 0. The first kappa shape index (κ1) is 12.9. The summed E-state index contributed by atoms with van der Waals surface area (Å²) in [4.78, 5) is 22.0. The van der Waals surface area contributed by atoms with Crippen LogP contribution < -0.4 is 5.73 Å². The summed E-state index contributed by atoms with van der Waals surface area (Å²) in [6.07, 6.45) is 4.87. The molecular formula is C9H12N2O4. The van der Waals surface area contributed by atoms with Crippen molar-refractivity contribution in [2.24, 2.45) is 5.73 Å². The van der Waals surface area contributed by atoms with E-state index in [1.54, 1.807) is 0 Å². The van der Waals surface area contributed by atoms with E-state index in [1.807, 2.05) is 18.5 Å². The molecule has 0 aromatic carbocycles. The van der Waals surface area contributed by atoms with Gasteiger partial charge >= 0.3 is 11.9 Å². The minimum Gasteiger partial charge on any atom is -0.478 e.